The standard InChI is InChI=1S/C9H12N2O2/c1-3-5-7-9(13)10-6(4-2)8(12)11-7/h4-5H,3H2,1-2H3,(H,10,13)(H,11,12)/b6-4-,7-5-. The molecule has 0 amide bonds. The van der Waals surface area contributed by atoms with Gasteiger partial charge in [0.15, 0.2) is 0 Å². The number of hydrogen-bond acceptors (Lipinski definition) is 2. The van der Waals surface area contributed by atoms with Crippen LogP contribution in [0.3, 0.4) is 0 Å². The first-order valence-corrected chi connectivity index (χ1v) is 4.18. The third-order valence-corrected chi connectivity index (χ3v) is 1.68. The molecule has 13 heavy (non-hydrogen) atoms. The van der Waals surface area contributed by atoms with Crippen LogP contribution in [-0.2, 0) is 0 Å². The van der Waals surface area contributed by atoms with Gasteiger partial charge in [0.05, 0.1) is 0 Å². The van der Waals surface area contributed by atoms with Gasteiger partial charge in [-0.1, -0.05) is 19.1 Å². The maximum atomic E-state index is 11.3. The van der Waals surface area contributed by atoms with Gasteiger partial charge >= 0.3 is 0 Å². The Labute approximate surface area is 74.6 Å². The molecule has 0 bridgehead atoms. The molecule has 0 spiro atoms. The Kier molecular flexibility index (Phi) is 2.84. The van der Waals surface area contributed by atoms with Crippen molar-refractivity contribution < 1.29 is 0 Å². The fourth-order valence-corrected chi connectivity index (χ4v) is 1.04. The number of aromatic nitrogens is 2. The maximum absolute atomic E-state index is 11.3. The molecule has 4 nitrogen and oxygen atoms in total. The molecule has 0 aromatic carbocycles. The highest BCUT2D eigenvalue weighted by atomic mass is 16.1. The normalized spacial score (nSPS) is 13.7. The lowest BCUT2D eigenvalue weighted by atomic mass is 10.4. The van der Waals surface area contributed by atoms with E-state index in [2.05, 4.69) is 9.97 Å². The first-order valence-electron chi connectivity index (χ1n) is 4.18. The fourth-order valence-electron chi connectivity index (χ4n) is 1.04. The molecular formula is C9H12N2O2. The average molecular weight is 180 g/mol. The lowest BCUT2D eigenvalue weighted by molar-refractivity contribution is 0.994. The fraction of sp³-hybridized carbons (Fsp3) is 0.333. The van der Waals surface area contributed by atoms with Gasteiger partial charge in [0.1, 0.15) is 10.7 Å². The van der Waals surface area contributed by atoms with Crippen molar-refractivity contribution in [3.8, 4) is 0 Å². The van der Waals surface area contributed by atoms with Gasteiger partial charge < -0.3 is 9.97 Å². The molecule has 0 saturated carbocycles. The topological polar surface area (TPSA) is 65.7 Å². The van der Waals surface area contributed by atoms with Crippen molar-refractivity contribution in [3.63, 3.8) is 0 Å². The van der Waals surface area contributed by atoms with Gasteiger partial charge in [-0.3, -0.25) is 9.59 Å². The van der Waals surface area contributed by atoms with E-state index in [9.17, 15) is 9.59 Å². The van der Waals surface area contributed by atoms with Crippen LogP contribution in [0.1, 0.15) is 20.3 Å². The van der Waals surface area contributed by atoms with E-state index < -0.39 is 0 Å². The quantitative estimate of drug-likeness (QED) is 0.585. The van der Waals surface area contributed by atoms with Crippen LogP contribution in [-0.4, -0.2) is 9.97 Å². The van der Waals surface area contributed by atoms with Gasteiger partial charge in [-0.05, 0) is 13.3 Å². The maximum Gasteiger partial charge on any atom is 0.271 e. The molecule has 0 aliphatic rings. The summed E-state index contributed by atoms with van der Waals surface area (Å²) in [5.74, 6) is 0. The molecule has 0 saturated heterocycles. The van der Waals surface area contributed by atoms with E-state index >= 15 is 0 Å². The van der Waals surface area contributed by atoms with Crippen LogP contribution >= 0.6 is 0 Å². The highest BCUT2D eigenvalue weighted by molar-refractivity contribution is 5.17. The second kappa shape index (κ2) is 3.89. The molecule has 4 heteroatoms. The second-order valence-corrected chi connectivity index (χ2v) is 2.64. The van der Waals surface area contributed by atoms with Crippen LogP contribution in [0.15, 0.2) is 9.59 Å². The van der Waals surface area contributed by atoms with Crippen molar-refractivity contribution in [2.75, 3.05) is 0 Å². The molecule has 0 radical (unpaired) electrons. The van der Waals surface area contributed by atoms with Crippen LogP contribution in [0, 0.1) is 0 Å². The van der Waals surface area contributed by atoms with Crippen molar-refractivity contribution in [3.05, 3.63) is 31.4 Å². The Morgan fingerprint density at radius 2 is 1.69 bits per heavy atom. The van der Waals surface area contributed by atoms with E-state index in [0.29, 0.717) is 17.1 Å². The Balaban J connectivity index is 3.67. The Morgan fingerprint density at radius 1 is 1.15 bits per heavy atom. The molecule has 0 fully saturated rings. The first kappa shape index (κ1) is 9.51. The number of rotatable bonds is 1. The van der Waals surface area contributed by atoms with Crippen molar-refractivity contribution >= 4 is 12.2 Å². The van der Waals surface area contributed by atoms with Gasteiger partial charge in [0.25, 0.3) is 11.1 Å². The van der Waals surface area contributed by atoms with Gasteiger partial charge in [0, 0.05) is 0 Å². The molecule has 0 unspecified atom stereocenters. The van der Waals surface area contributed by atoms with Gasteiger partial charge in [-0.2, -0.15) is 0 Å². The van der Waals surface area contributed by atoms with E-state index in [1.54, 1.807) is 19.1 Å². The summed E-state index contributed by atoms with van der Waals surface area (Å²) in [5.41, 5.74) is -0.517. The molecular weight excluding hydrogens is 168 g/mol. The minimum atomic E-state index is -0.262. The monoisotopic (exact) mass is 180 g/mol. The largest absolute Gasteiger partial charge is 0.316 e. The van der Waals surface area contributed by atoms with Crippen molar-refractivity contribution in [2.45, 2.75) is 20.3 Å². The Hall–Kier alpha value is -1.58. The highest BCUT2D eigenvalue weighted by Crippen LogP contribution is 1.69. The van der Waals surface area contributed by atoms with Crippen molar-refractivity contribution in [1.29, 1.82) is 0 Å². The van der Waals surface area contributed by atoms with E-state index in [1.165, 1.54) is 0 Å². The van der Waals surface area contributed by atoms with Crippen LogP contribution < -0.4 is 21.8 Å². The van der Waals surface area contributed by atoms with Crippen LogP contribution in [0.25, 0.3) is 12.2 Å². The third-order valence-electron chi connectivity index (χ3n) is 1.68. The summed E-state index contributed by atoms with van der Waals surface area (Å²) in [6.07, 6.45) is 3.96. The number of hydrogen-bond donors (Lipinski definition) is 2. The van der Waals surface area contributed by atoms with Crippen LogP contribution in [0.4, 0.5) is 0 Å². The molecule has 1 aromatic heterocycles. The first-order chi connectivity index (χ1) is 6.19. The van der Waals surface area contributed by atoms with E-state index in [-0.39, 0.29) is 11.1 Å². The van der Waals surface area contributed by atoms with E-state index in [4.69, 9.17) is 0 Å². The molecule has 0 atom stereocenters. The summed E-state index contributed by atoms with van der Waals surface area (Å²) < 4.78 is 0. The average Bonchev–Trinajstić information content (AvgIpc) is 2.11. The highest BCUT2D eigenvalue weighted by Gasteiger charge is 1.91. The number of aromatic amines is 2. The summed E-state index contributed by atoms with van der Waals surface area (Å²) in [5, 5.41) is 0.636. The zero-order valence-electron chi connectivity index (χ0n) is 7.68. The Bertz CT molecular complexity index is 508. The lowest BCUT2D eigenvalue weighted by Crippen LogP contribution is -2.46. The SMILES string of the molecule is C/C=c1\[nH]c(=O)/c(=C/CC)[nH]c1=O. The van der Waals surface area contributed by atoms with Crippen LogP contribution in [0.2, 0.25) is 0 Å². The Morgan fingerprint density at radius 3 is 2.23 bits per heavy atom. The summed E-state index contributed by atoms with van der Waals surface area (Å²) in [4.78, 5) is 27.5. The lowest BCUT2D eigenvalue weighted by Gasteiger charge is -1.87. The molecule has 2 N–H and O–H groups in total. The molecule has 0 aliphatic carbocycles. The predicted octanol–water partition coefficient (Wildman–Crippen LogP) is -0.946. The second-order valence-electron chi connectivity index (χ2n) is 2.64. The van der Waals surface area contributed by atoms with Crippen LogP contribution in [0.5, 0.6) is 0 Å². The van der Waals surface area contributed by atoms with Crippen molar-refractivity contribution in [2.24, 2.45) is 0 Å². The summed E-state index contributed by atoms with van der Waals surface area (Å²) in [6, 6.07) is 0. The molecule has 70 valence electrons. The number of H-pyrrole nitrogens is 2. The summed E-state index contributed by atoms with van der Waals surface area (Å²) >= 11 is 0. The molecule has 1 rings (SSSR count). The summed E-state index contributed by atoms with van der Waals surface area (Å²) in [6.45, 7) is 3.60. The zero-order chi connectivity index (χ0) is 9.84. The zero-order valence-corrected chi connectivity index (χ0v) is 7.68. The summed E-state index contributed by atoms with van der Waals surface area (Å²) in [7, 11) is 0. The van der Waals surface area contributed by atoms with Crippen molar-refractivity contribution in [1.82, 2.24) is 9.97 Å². The minimum absolute atomic E-state index is 0.255. The van der Waals surface area contributed by atoms with Gasteiger partial charge in [-0.25, -0.2) is 0 Å². The predicted molar refractivity (Wildman–Crippen MR) is 51.8 cm³/mol. The molecule has 1 heterocycles. The minimum Gasteiger partial charge on any atom is -0.316 e. The smallest absolute Gasteiger partial charge is 0.271 e. The van der Waals surface area contributed by atoms with E-state index in [1.807, 2.05) is 6.92 Å². The van der Waals surface area contributed by atoms with E-state index in [0.717, 1.165) is 0 Å². The third kappa shape index (κ3) is 1.96. The van der Waals surface area contributed by atoms with Gasteiger partial charge in [0.2, 0.25) is 0 Å². The molecule has 0 aliphatic heterocycles. The van der Waals surface area contributed by atoms with Gasteiger partial charge in [-0.15, -0.1) is 0 Å². The number of nitrogens with one attached hydrogen (secondary N) is 2. The molecule has 1 aromatic rings.